The first-order valence-corrected chi connectivity index (χ1v) is 9.58. The number of tetrazole rings is 1. The van der Waals surface area contributed by atoms with Crippen LogP contribution in [0.4, 0.5) is 0 Å². The molecule has 0 aliphatic rings. The third kappa shape index (κ3) is 3.44. The smallest absolute Gasteiger partial charge is 0.368 e. The molecule has 0 spiro atoms. The summed E-state index contributed by atoms with van der Waals surface area (Å²) in [7, 11) is 1.55. The van der Waals surface area contributed by atoms with Crippen LogP contribution in [-0.4, -0.2) is 39.5 Å². The highest BCUT2D eigenvalue weighted by Gasteiger charge is 2.14. The molecule has 5 aromatic rings. The fraction of sp³-hybridized carbons (Fsp3) is 0.143. The number of nitrogens with zero attached hydrogens (tertiary/aromatic N) is 8. The van der Waals surface area contributed by atoms with Crippen LogP contribution in [0.25, 0.3) is 22.5 Å². The van der Waals surface area contributed by atoms with Gasteiger partial charge < -0.3 is 4.74 Å². The minimum Gasteiger partial charge on any atom is -0.472 e. The Bertz CT molecular complexity index is 1450. The van der Waals surface area contributed by atoms with E-state index in [4.69, 9.17) is 4.74 Å². The number of fused-ring (bicyclic) bond motifs is 1. The maximum absolute atomic E-state index is 12.3. The molecule has 0 aliphatic carbocycles. The normalized spacial score (nSPS) is 11.2. The van der Waals surface area contributed by atoms with Crippen molar-refractivity contribution >= 4 is 10.9 Å². The highest BCUT2D eigenvalue weighted by Crippen LogP contribution is 2.20. The molecule has 0 amide bonds. The summed E-state index contributed by atoms with van der Waals surface area (Å²) in [5.74, 6) is 0.869. The SMILES string of the molecule is Cc1cccc(-n2nnn(C)c2=O)c1COc1ccn(-c2ncc3ccccc3n2)n1. The van der Waals surface area contributed by atoms with E-state index in [9.17, 15) is 4.79 Å². The topological polar surface area (TPSA) is 106 Å². The first-order chi connectivity index (χ1) is 15.1. The summed E-state index contributed by atoms with van der Waals surface area (Å²) in [5.41, 5.74) is 2.92. The van der Waals surface area contributed by atoms with Crippen molar-refractivity contribution in [1.82, 2.24) is 39.5 Å². The Hall–Kier alpha value is -4.34. The standard InChI is InChI=1S/C21H18N8O2/c1-14-6-5-9-18(29-21(30)27(2)25-26-29)16(14)13-31-19-10-11-28(24-19)20-22-12-15-7-3-4-8-17(15)23-20/h3-12H,13H2,1-2H3. The zero-order chi connectivity index (χ0) is 21.4. The Morgan fingerprint density at radius 3 is 2.74 bits per heavy atom. The van der Waals surface area contributed by atoms with Crippen LogP contribution in [0.2, 0.25) is 0 Å². The summed E-state index contributed by atoms with van der Waals surface area (Å²) >= 11 is 0. The lowest BCUT2D eigenvalue weighted by atomic mass is 10.1. The summed E-state index contributed by atoms with van der Waals surface area (Å²) < 4.78 is 9.91. The second-order valence-electron chi connectivity index (χ2n) is 6.99. The number of hydrogen-bond acceptors (Lipinski definition) is 7. The molecule has 10 heteroatoms. The number of aryl methyl sites for hydroxylation is 2. The fourth-order valence-electron chi connectivity index (χ4n) is 3.25. The lowest BCUT2D eigenvalue weighted by molar-refractivity contribution is 0.290. The molecule has 3 heterocycles. The minimum absolute atomic E-state index is 0.209. The van der Waals surface area contributed by atoms with Gasteiger partial charge in [-0.2, -0.15) is 9.36 Å². The van der Waals surface area contributed by atoms with Crippen LogP contribution in [0, 0.1) is 6.92 Å². The maximum Gasteiger partial charge on any atom is 0.368 e. The zero-order valence-corrected chi connectivity index (χ0v) is 16.9. The van der Waals surface area contributed by atoms with Crippen molar-refractivity contribution in [2.24, 2.45) is 7.05 Å². The highest BCUT2D eigenvalue weighted by atomic mass is 16.5. The number of hydrogen-bond donors (Lipinski definition) is 0. The van der Waals surface area contributed by atoms with Gasteiger partial charge in [0.25, 0.3) is 5.95 Å². The highest BCUT2D eigenvalue weighted by molar-refractivity contribution is 5.77. The number of benzene rings is 2. The lowest BCUT2D eigenvalue weighted by Gasteiger charge is -2.11. The first-order valence-electron chi connectivity index (χ1n) is 9.58. The largest absolute Gasteiger partial charge is 0.472 e. The second kappa shape index (κ2) is 7.48. The van der Waals surface area contributed by atoms with Crippen molar-refractivity contribution in [3.8, 4) is 17.5 Å². The van der Waals surface area contributed by atoms with Gasteiger partial charge in [-0.1, -0.05) is 30.3 Å². The van der Waals surface area contributed by atoms with E-state index in [0.717, 1.165) is 22.0 Å². The molecule has 31 heavy (non-hydrogen) atoms. The predicted molar refractivity (Wildman–Crippen MR) is 112 cm³/mol. The Morgan fingerprint density at radius 1 is 1.03 bits per heavy atom. The summed E-state index contributed by atoms with van der Waals surface area (Å²) in [4.78, 5) is 21.2. The lowest BCUT2D eigenvalue weighted by Crippen LogP contribution is -2.23. The summed E-state index contributed by atoms with van der Waals surface area (Å²) in [6.07, 6.45) is 3.50. The van der Waals surface area contributed by atoms with Crippen molar-refractivity contribution < 1.29 is 4.74 Å². The van der Waals surface area contributed by atoms with Gasteiger partial charge in [0.1, 0.15) is 6.61 Å². The molecule has 0 radical (unpaired) electrons. The Kier molecular flexibility index (Phi) is 4.51. The summed E-state index contributed by atoms with van der Waals surface area (Å²) in [6, 6.07) is 15.1. The molecule has 0 aliphatic heterocycles. The summed E-state index contributed by atoms with van der Waals surface area (Å²) in [5, 5.41) is 13.1. The molecule has 0 atom stereocenters. The van der Waals surface area contributed by atoms with Crippen LogP contribution in [-0.2, 0) is 13.7 Å². The van der Waals surface area contributed by atoms with Gasteiger partial charge in [0, 0.05) is 36.5 Å². The van der Waals surface area contributed by atoms with Crippen molar-refractivity contribution in [2.45, 2.75) is 13.5 Å². The van der Waals surface area contributed by atoms with Gasteiger partial charge in [-0.05, 0) is 35.0 Å². The molecule has 3 aromatic heterocycles. The van der Waals surface area contributed by atoms with Crippen molar-refractivity contribution in [1.29, 1.82) is 0 Å². The first kappa shape index (κ1) is 18.7. The van der Waals surface area contributed by atoms with Gasteiger partial charge in [0.2, 0.25) is 5.88 Å². The van der Waals surface area contributed by atoms with E-state index < -0.39 is 0 Å². The molecule has 154 valence electrons. The van der Waals surface area contributed by atoms with Crippen molar-refractivity contribution in [2.75, 3.05) is 0 Å². The molecule has 0 N–H and O–H groups in total. The van der Waals surface area contributed by atoms with E-state index in [2.05, 4.69) is 25.5 Å². The maximum atomic E-state index is 12.3. The van der Waals surface area contributed by atoms with Crippen LogP contribution in [0.1, 0.15) is 11.1 Å². The van der Waals surface area contributed by atoms with Gasteiger partial charge in [-0.25, -0.2) is 19.4 Å². The number of para-hydroxylation sites is 1. The predicted octanol–water partition coefficient (Wildman–Crippen LogP) is 1.98. The van der Waals surface area contributed by atoms with Gasteiger partial charge in [-0.15, -0.1) is 5.10 Å². The van der Waals surface area contributed by atoms with E-state index in [1.807, 2.05) is 49.4 Å². The van der Waals surface area contributed by atoms with Gasteiger partial charge in [-0.3, -0.25) is 0 Å². The van der Waals surface area contributed by atoms with Crippen LogP contribution >= 0.6 is 0 Å². The van der Waals surface area contributed by atoms with Gasteiger partial charge in [0.05, 0.1) is 11.2 Å². The molecular formula is C21H18N8O2. The molecule has 5 rings (SSSR count). The van der Waals surface area contributed by atoms with E-state index in [1.165, 1.54) is 9.36 Å². The van der Waals surface area contributed by atoms with E-state index >= 15 is 0 Å². The van der Waals surface area contributed by atoms with Crippen molar-refractivity contribution in [3.63, 3.8) is 0 Å². The fourth-order valence-corrected chi connectivity index (χ4v) is 3.25. The van der Waals surface area contributed by atoms with Crippen LogP contribution in [0.3, 0.4) is 0 Å². The van der Waals surface area contributed by atoms with Gasteiger partial charge in [0.15, 0.2) is 0 Å². The zero-order valence-electron chi connectivity index (χ0n) is 16.9. The Labute approximate surface area is 176 Å². The second-order valence-corrected chi connectivity index (χ2v) is 6.99. The molecule has 0 saturated heterocycles. The third-order valence-electron chi connectivity index (χ3n) is 4.95. The third-order valence-corrected chi connectivity index (χ3v) is 4.95. The summed E-state index contributed by atoms with van der Waals surface area (Å²) in [6.45, 7) is 2.16. The molecule has 10 nitrogen and oxygen atoms in total. The molecule has 0 fully saturated rings. The van der Waals surface area contributed by atoms with E-state index in [-0.39, 0.29) is 12.3 Å². The quantitative estimate of drug-likeness (QED) is 0.433. The van der Waals surface area contributed by atoms with E-state index in [1.54, 1.807) is 30.2 Å². The monoisotopic (exact) mass is 414 g/mol. The number of ether oxygens (including phenoxy) is 1. The average Bonchev–Trinajstić information content (AvgIpc) is 3.39. The molecular weight excluding hydrogens is 396 g/mol. The van der Waals surface area contributed by atoms with Crippen molar-refractivity contribution in [3.05, 3.63) is 82.5 Å². The van der Waals surface area contributed by atoms with E-state index in [0.29, 0.717) is 17.5 Å². The molecule has 0 bridgehead atoms. The van der Waals surface area contributed by atoms with Crippen LogP contribution in [0.15, 0.2) is 65.7 Å². The molecule has 0 unspecified atom stereocenters. The Balaban J connectivity index is 1.41. The number of rotatable bonds is 5. The minimum atomic E-state index is -0.329. The Morgan fingerprint density at radius 2 is 1.90 bits per heavy atom. The molecule has 2 aromatic carbocycles. The number of aromatic nitrogens is 8. The van der Waals surface area contributed by atoms with Gasteiger partial charge >= 0.3 is 5.69 Å². The van der Waals surface area contributed by atoms with Crippen LogP contribution in [0.5, 0.6) is 5.88 Å². The average molecular weight is 414 g/mol. The molecule has 0 saturated carbocycles. The van der Waals surface area contributed by atoms with Crippen LogP contribution < -0.4 is 10.4 Å².